The van der Waals surface area contributed by atoms with Crippen LogP contribution in [-0.4, -0.2) is 38.2 Å². The zero-order valence-electron chi connectivity index (χ0n) is 12.5. The fraction of sp³-hybridized carbons (Fsp3) is 0.769. The van der Waals surface area contributed by atoms with Crippen LogP contribution < -0.4 is 0 Å². The highest BCUT2D eigenvalue weighted by molar-refractivity contribution is 5.77. The maximum atomic E-state index is 11.3. The summed E-state index contributed by atoms with van der Waals surface area (Å²) in [4.78, 5) is 17.4. The average Bonchev–Trinajstić information content (AvgIpc) is 2.73. The van der Waals surface area contributed by atoms with Crippen LogP contribution in [0.25, 0.3) is 0 Å². The van der Waals surface area contributed by atoms with Gasteiger partial charge in [0, 0.05) is 5.41 Å². The van der Waals surface area contributed by atoms with Gasteiger partial charge in [-0.2, -0.15) is 4.98 Å². The molecule has 0 bridgehead atoms. The highest BCUT2D eigenvalue weighted by atomic mass is 16.5. The number of carboxylic acid groups (broad SMARTS) is 1. The number of likely N-dealkylation sites (N-methyl/N-ethyl adjacent to an activating group) is 1. The van der Waals surface area contributed by atoms with Gasteiger partial charge in [-0.1, -0.05) is 32.9 Å². The van der Waals surface area contributed by atoms with Crippen LogP contribution in [0.2, 0.25) is 0 Å². The molecule has 0 aliphatic carbocycles. The Kier molecular flexibility index (Phi) is 4.35. The second kappa shape index (κ2) is 5.28. The number of carboxylic acids is 1. The molecule has 0 saturated carbocycles. The van der Waals surface area contributed by atoms with Crippen molar-refractivity contribution in [2.24, 2.45) is 0 Å². The largest absolute Gasteiger partial charge is 0.480 e. The monoisotopic (exact) mass is 269 g/mol. The number of rotatable bonds is 5. The lowest BCUT2D eigenvalue weighted by atomic mass is 9.97. The first-order chi connectivity index (χ1) is 8.59. The van der Waals surface area contributed by atoms with Gasteiger partial charge in [-0.25, -0.2) is 0 Å². The minimum Gasteiger partial charge on any atom is -0.480 e. The number of aliphatic carboxylic acids is 1. The molecular formula is C13H23N3O3. The van der Waals surface area contributed by atoms with Crippen LogP contribution in [0.15, 0.2) is 4.52 Å². The maximum absolute atomic E-state index is 11.3. The van der Waals surface area contributed by atoms with E-state index >= 15 is 0 Å². The van der Waals surface area contributed by atoms with Crippen LogP contribution in [0.5, 0.6) is 0 Å². The van der Waals surface area contributed by atoms with Crippen molar-refractivity contribution in [2.45, 2.75) is 59.0 Å². The lowest BCUT2D eigenvalue weighted by molar-refractivity contribution is -0.149. The molecule has 19 heavy (non-hydrogen) atoms. The van der Waals surface area contributed by atoms with Crippen LogP contribution >= 0.6 is 0 Å². The molecule has 108 valence electrons. The Morgan fingerprint density at radius 2 is 1.89 bits per heavy atom. The molecule has 0 aromatic carbocycles. The summed E-state index contributed by atoms with van der Waals surface area (Å²) in [6, 6.07) is 0. The smallest absolute Gasteiger partial charge is 0.323 e. The van der Waals surface area contributed by atoms with Gasteiger partial charge >= 0.3 is 5.97 Å². The van der Waals surface area contributed by atoms with Gasteiger partial charge in [0.25, 0.3) is 0 Å². The molecule has 0 atom stereocenters. The average molecular weight is 269 g/mol. The maximum Gasteiger partial charge on any atom is 0.323 e. The quantitative estimate of drug-likeness (QED) is 0.881. The number of carbonyl (C=O) groups is 1. The van der Waals surface area contributed by atoms with Crippen molar-refractivity contribution >= 4 is 5.97 Å². The molecule has 0 aliphatic rings. The lowest BCUT2D eigenvalue weighted by Crippen LogP contribution is -2.49. The predicted molar refractivity (Wildman–Crippen MR) is 70.8 cm³/mol. The summed E-state index contributed by atoms with van der Waals surface area (Å²) in [6.45, 7) is 12.2. The molecule has 0 amide bonds. The van der Waals surface area contributed by atoms with E-state index in [1.165, 1.54) is 0 Å². The Morgan fingerprint density at radius 3 is 2.26 bits per heavy atom. The summed E-state index contributed by atoms with van der Waals surface area (Å²) in [5.74, 6) is 0.210. The molecule has 0 saturated heterocycles. The van der Waals surface area contributed by atoms with Gasteiger partial charge in [-0.15, -0.1) is 0 Å². The third-order valence-electron chi connectivity index (χ3n) is 3.14. The van der Waals surface area contributed by atoms with Crippen molar-refractivity contribution in [1.29, 1.82) is 0 Å². The van der Waals surface area contributed by atoms with E-state index in [0.29, 0.717) is 24.8 Å². The number of nitrogens with zero attached hydrogens (tertiary/aromatic N) is 3. The van der Waals surface area contributed by atoms with Gasteiger partial charge in [0.2, 0.25) is 5.89 Å². The van der Waals surface area contributed by atoms with Crippen molar-refractivity contribution in [2.75, 3.05) is 6.54 Å². The van der Waals surface area contributed by atoms with Crippen LogP contribution in [0.4, 0.5) is 0 Å². The molecule has 1 rings (SSSR count). The van der Waals surface area contributed by atoms with Crippen molar-refractivity contribution in [3.8, 4) is 0 Å². The van der Waals surface area contributed by atoms with Gasteiger partial charge < -0.3 is 9.63 Å². The first-order valence-electron chi connectivity index (χ1n) is 6.40. The molecule has 1 aromatic rings. The highest BCUT2D eigenvalue weighted by Gasteiger charge is 2.34. The van der Waals surface area contributed by atoms with Gasteiger partial charge in [-0.3, -0.25) is 9.69 Å². The summed E-state index contributed by atoms with van der Waals surface area (Å²) >= 11 is 0. The SMILES string of the molecule is CCN(Cc1noc(C(C)(C)C)n1)C(C)(C)C(=O)O. The Bertz CT molecular complexity index is 446. The molecule has 6 heteroatoms. The molecule has 6 nitrogen and oxygen atoms in total. The molecular weight excluding hydrogens is 246 g/mol. The second-order valence-electron chi connectivity index (χ2n) is 6.14. The van der Waals surface area contributed by atoms with E-state index in [-0.39, 0.29) is 5.41 Å². The molecule has 0 radical (unpaired) electrons. The zero-order valence-corrected chi connectivity index (χ0v) is 12.5. The number of hydrogen-bond donors (Lipinski definition) is 1. The number of hydrogen-bond acceptors (Lipinski definition) is 5. The molecule has 0 spiro atoms. The van der Waals surface area contributed by atoms with Crippen LogP contribution in [0.1, 0.15) is 53.3 Å². The van der Waals surface area contributed by atoms with Crippen molar-refractivity contribution < 1.29 is 14.4 Å². The van der Waals surface area contributed by atoms with Gasteiger partial charge in [0.15, 0.2) is 5.82 Å². The van der Waals surface area contributed by atoms with E-state index < -0.39 is 11.5 Å². The standard InChI is InChI=1S/C13H23N3O3/c1-7-16(13(5,6)11(17)18)8-9-14-10(19-15-9)12(2,3)4/h7-8H2,1-6H3,(H,17,18). The fourth-order valence-electron chi connectivity index (χ4n) is 1.63. The molecule has 0 fully saturated rings. The third kappa shape index (κ3) is 3.53. The van der Waals surface area contributed by atoms with Gasteiger partial charge in [0.1, 0.15) is 5.54 Å². The minimum atomic E-state index is -0.961. The summed E-state index contributed by atoms with van der Waals surface area (Å²) in [6.07, 6.45) is 0. The van der Waals surface area contributed by atoms with Crippen molar-refractivity contribution in [1.82, 2.24) is 15.0 Å². The fourth-order valence-corrected chi connectivity index (χ4v) is 1.63. The first-order valence-corrected chi connectivity index (χ1v) is 6.40. The highest BCUT2D eigenvalue weighted by Crippen LogP contribution is 2.21. The second-order valence-corrected chi connectivity index (χ2v) is 6.14. The van der Waals surface area contributed by atoms with E-state index in [0.717, 1.165) is 0 Å². The Hall–Kier alpha value is -1.43. The lowest BCUT2D eigenvalue weighted by Gasteiger charge is -2.32. The summed E-state index contributed by atoms with van der Waals surface area (Å²) in [5, 5.41) is 13.2. The van der Waals surface area contributed by atoms with Crippen LogP contribution in [-0.2, 0) is 16.8 Å². The van der Waals surface area contributed by atoms with E-state index in [2.05, 4.69) is 10.1 Å². The molecule has 1 heterocycles. The van der Waals surface area contributed by atoms with Crippen LogP contribution in [0.3, 0.4) is 0 Å². The summed E-state index contributed by atoms with van der Waals surface area (Å²) in [5.41, 5.74) is -1.16. The molecule has 1 aromatic heterocycles. The van der Waals surface area contributed by atoms with E-state index in [4.69, 9.17) is 4.52 Å². The third-order valence-corrected chi connectivity index (χ3v) is 3.14. The molecule has 1 N–H and O–H groups in total. The van der Waals surface area contributed by atoms with Gasteiger partial charge in [-0.05, 0) is 20.4 Å². The molecule has 0 unspecified atom stereocenters. The van der Waals surface area contributed by atoms with E-state index in [1.54, 1.807) is 18.7 Å². The van der Waals surface area contributed by atoms with Crippen molar-refractivity contribution in [3.05, 3.63) is 11.7 Å². The number of aromatic nitrogens is 2. The van der Waals surface area contributed by atoms with Crippen molar-refractivity contribution in [3.63, 3.8) is 0 Å². The topological polar surface area (TPSA) is 79.5 Å². The summed E-state index contributed by atoms with van der Waals surface area (Å²) in [7, 11) is 0. The first kappa shape index (κ1) is 15.6. The summed E-state index contributed by atoms with van der Waals surface area (Å²) < 4.78 is 5.21. The minimum absolute atomic E-state index is 0.204. The van der Waals surface area contributed by atoms with E-state index in [9.17, 15) is 9.90 Å². The predicted octanol–water partition coefficient (Wildman–Crippen LogP) is 2.05. The van der Waals surface area contributed by atoms with E-state index in [1.807, 2.05) is 27.7 Å². The Labute approximate surface area is 113 Å². The molecule has 0 aliphatic heterocycles. The normalized spacial score (nSPS) is 13.0. The Morgan fingerprint density at radius 1 is 1.32 bits per heavy atom. The van der Waals surface area contributed by atoms with Crippen LogP contribution in [0, 0.1) is 0 Å². The zero-order chi connectivity index (χ0) is 14.8. The van der Waals surface area contributed by atoms with Gasteiger partial charge in [0.05, 0.1) is 6.54 Å². The Balaban J connectivity index is 2.88.